The topological polar surface area (TPSA) is 44.5 Å². The third kappa shape index (κ3) is 2.12. The number of benzene rings is 1. The zero-order valence-electron chi connectivity index (χ0n) is 11.0. The van der Waals surface area contributed by atoms with Crippen LogP contribution in [0.3, 0.4) is 0 Å². The third-order valence-electron chi connectivity index (χ3n) is 3.82. The van der Waals surface area contributed by atoms with Gasteiger partial charge in [-0.1, -0.05) is 19.9 Å². The summed E-state index contributed by atoms with van der Waals surface area (Å²) < 4.78 is 10.8. The summed E-state index contributed by atoms with van der Waals surface area (Å²) in [5.74, 6) is 2.15. The van der Waals surface area contributed by atoms with Gasteiger partial charge < -0.3 is 15.2 Å². The summed E-state index contributed by atoms with van der Waals surface area (Å²) in [6, 6.07) is 5.78. The van der Waals surface area contributed by atoms with Gasteiger partial charge in [-0.25, -0.2) is 0 Å². The zero-order valence-corrected chi connectivity index (χ0v) is 11.0. The fraction of sp³-hybridized carbons (Fsp3) is 0.571. The van der Waals surface area contributed by atoms with Gasteiger partial charge in [-0.15, -0.1) is 0 Å². The lowest BCUT2D eigenvalue weighted by Crippen LogP contribution is -2.17. The van der Waals surface area contributed by atoms with E-state index in [0.717, 1.165) is 23.5 Å². The molecular formula is C14H21NO2. The Balaban J connectivity index is 2.36. The van der Waals surface area contributed by atoms with Crippen LogP contribution in [0.15, 0.2) is 18.2 Å². The average Bonchev–Trinajstić information content (AvgIpc) is 2.96. The normalized spacial score (nSPS) is 23.0. The number of hydrogen-bond acceptors (Lipinski definition) is 3. The Hall–Kier alpha value is -1.22. The second kappa shape index (κ2) is 4.22. The second-order valence-electron chi connectivity index (χ2n) is 5.40. The van der Waals surface area contributed by atoms with E-state index >= 15 is 0 Å². The summed E-state index contributed by atoms with van der Waals surface area (Å²) >= 11 is 0. The molecule has 2 N–H and O–H groups in total. The van der Waals surface area contributed by atoms with E-state index in [4.69, 9.17) is 15.2 Å². The van der Waals surface area contributed by atoms with Gasteiger partial charge in [0, 0.05) is 6.04 Å². The van der Waals surface area contributed by atoms with Crippen molar-refractivity contribution < 1.29 is 9.47 Å². The molecule has 1 aliphatic rings. The Labute approximate surface area is 103 Å². The first-order chi connectivity index (χ1) is 8.01. The quantitative estimate of drug-likeness (QED) is 0.872. The Kier molecular flexibility index (Phi) is 3.04. The minimum absolute atomic E-state index is 0.0175. The first-order valence-electron chi connectivity index (χ1n) is 5.97. The van der Waals surface area contributed by atoms with Crippen LogP contribution in [0.5, 0.6) is 11.5 Å². The van der Waals surface area contributed by atoms with Gasteiger partial charge in [0.1, 0.15) is 11.5 Å². The number of methoxy groups -OCH3 is 2. The molecule has 1 aromatic carbocycles. The van der Waals surface area contributed by atoms with Crippen molar-refractivity contribution in [2.24, 2.45) is 17.1 Å². The zero-order chi connectivity index (χ0) is 12.6. The summed E-state index contributed by atoms with van der Waals surface area (Å²) in [7, 11) is 3.34. The first-order valence-corrected chi connectivity index (χ1v) is 5.97. The molecule has 0 amide bonds. The summed E-state index contributed by atoms with van der Waals surface area (Å²) in [5, 5.41) is 0. The summed E-state index contributed by atoms with van der Waals surface area (Å²) in [5.41, 5.74) is 7.70. The lowest BCUT2D eigenvalue weighted by Gasteiger charge is -2.20. The van der Waals surface area contributed by atoms with E-state index in [2.05, 4.69) is 13.8 Å². The van der Waals surface area contributed by atoms with E-state index < -0.39 is 0 Å². The fourth-order valence-electron chi connectivity index (χ4n) is 2.53. The minimum Gasteiger partial charge on any atom is -0.496 e. The molecule has 0 radical (unpaired) electrons. The SMILES string of the molecule is COc1cccc(OC)c1C(N)C1CC1(C)C. The first kappa shape index (κ1) is 12.2. The summed E-state index contributed by atoms with van der Waals surface area (Å²) in [6.07, 6.45) is 1.16. The van der Waals surface area contributed by atoms with Crippen molar-refractivity contribution in [3.63, 3.8) is 0 Å². The number of nitrogens with two attached hydrogens (primary N) is 1. The molecule has 3 nitrogen and oxygen atoms in total. The van der Waals surface area contributed by atoms with Crippen molar-refractivity contribution in [2.45, 2.75) is 26.3 Å². The number of ether oxygens (including phenoxy) is 2. The van der Waals surface area contributed by atoms with Crippen molar-refractivity contribution in [1.29, 1.82) is 0 Å². The molecular weight excluding hydrogens is 214 g/mol. The van der Waals surface area contributed by atoms with Crippen LogP contribution in [0.25, 0.3) is 0 Å². The molecule has 0 heterocycles. The molecule has 0 aliphatic heterocycles. The van der Waals surface area contributed by atoms with Crippen molar-refractivity contribution >= 4 is 0 Å². The molecule has 0 aromatic heterocycles. The molecule has 2 rings (SSSR count). The molecule has 0 bridgehead atoms. The Morgan fingerprint density at radius 1 is 1.24 bits per heavy atom. The molecule has 2 atom stereocenters. The average molecular weight is 235 g/mol. The van der Waals surface area contributed by atoms with Crippen LogP contribution >= 0.6 is 0 Å². The highest BCUT2D eigenvalue weighted by atomic mass is 16.5. The maximum atomic E-state index is 6.37. The van der Waals surface area contributed by atoms with Crippen molar-refractivity contribution in [3.8, 4) is 11.5 Å². The van der Waals surface area contributed by atoms with Gasteiger partial charge in [0.15, 0.2) is 0 Å². The van der Waals surface area contributed by atoms with Gasteiger partial charge in [-0.05, 0) is 29.9 Å². The van der Waals surface area contributed by atoms with Crippen LogP contribution < -0.4 is 15.2 Å². The molecule has 17 heavy (non-hydrogen) atoms. The standard InChI is InChI=1S/C14H21NO2/c1-14(2)8-9(14)13(15)12-10(16-3)6-5-7-11(12)17-4/h5-7,9,13H,8,15H2,1-4H3. The van der Waals surface area contributed by atoms with Gasteiger partial charge in [-0.3, -0.25) is 0 Å². The van der Waals surface area contributed by atoms with Crippen LogP contribution in [0.1, 0.15) is 31.9 Å². The van der Waals surface area contributed by atoms with Crippen molar-refractivity contribution in [3.05, 3.63) is 23.8 Å². The van der Waals surface area contributed by atoms with Crippen molar-refractivity contribution in [1.82, 2.24) is 0 Å². The van der Waals surface area contributed by atoms with Crippen LogP contribution in [-0.2, 0) is 0 Å². The smallest absolute Gasteiger partial charge is 0.127 e. The summed E-state index contributed by atoms with van der Waals surface area (Å²) in [4.78, 5) is 0. The highest BCUT2D eigenvalue weighted by Crippen LogP contribution is 2.58. The van der Waals surface area contributed by atoms with Gasteiger partial charge in [-0.2, -0.15) is 0 Å². The molecule has 3 heteroatoms. The molecule has 1 aliphatic carbocycles. The molecule has 1 aromatic rings. The lowest BCUT2D eigenvalue weighted by atomic mass is 9.96. The van der Waals surface area contributed by atoms with E-state index in [9.17, 15) is 0 Å². The molecule has 2 unspecified atom stereocenters. The largest absolute Gasteiger partial charge is 0.496 e. The number of rotatable bonds is 4. The Morgan fingerprint density at radius 2 is 1.71 bits per heavy atom. The van der Waals surface area contributed by atoms with Crippen LogP contribution in [-0.4, -0.2) is 14.2 Å². The summed E-state index contributed by atoms with van der Waals surface area (Å²) in [6.45, 7) is 4.50. The monoisotopic (exact) mass is 235 g/mol. The highest BCUT2D eigenvalue weighted by molar-refractivity contribution is 5.47. The molecule has 1 saturated carbocycles. The maximum Gasteiger partial charge on any atom is 0.127 e. The van der Waals surface area contributed by atoms with Crippen molar-refractivity contribution in [2.75, 3.05) is 14.2 Å². The van der Waals surface area contributed by atoms with Gasteiger partial charge in [0.2, 0.25) is 0 Å². The van der Waals surface area contributed by atoms with Crippen LogP contribution in [0.4, 0.5) is 0 Å². The fourth-order valence-corrected chi connectivity index (χ4v) is 2.53. The van der Waals surface area contributed by atoms with Crippen LogP contribution in [0.2, 0.25) is 0 Å². The predicted molar refractivity (Wildman–Crippen MR) is 68.4 cm³/mol. The second-order valence-corrected chi connectivity index (χ2v) is 5.40. The third-order valence-corrected chi connectivity index (χ3v) is 3.82. The molecule has 94 valence electrons. The Morgan fingerprint density at radius 3 is 2.06 bits per heavy atom. The highest BCUT2D eigenvalue weighted by Gasteiger charge is 2.50. The van der Waals surface area contributed by atoms with Gasteiger partial charge in [0.05, 0.1) is 19.8 Å². The van der Waals surface area contributed by atoms with Gasteiger partial charge >= 0.3 is 0 Å². The van der Waals surface area contributed by atoms with E-state index in [0.29, 0.717) is 11.3 Å². The van der Waals surface area contributed by atoms with E-state index in [1.54, 1.807) is 14.2 Å². The molecule has 0 spiro atoms. The minimum atomic E-state index is -0.0175. The number of hydrogen-bond donors (Lipinski definition) is 1. The maximum absolute atomic E-state index is 6.37. The van der Waals surface area contributed by atoms with E-state index in [1.807, 2.05) is 18.2 Å². The molecule has 0 saturated heterocycles. The Bertz CT molecular complexity index is 392. The lowest BCUT2D eigenvalue weighted by molar-refractivity contribution is 0.369. The van der Waals surface area contributed by atoms with E-state index in [-0.39, 0.29) is 6.04 Å². The van der Waals surface area contributed by atoms with E-state index in [1.165, 1.54) is 0 Å². The van der Waals surface area contributed by atoms with Crippen LogP contribution in [0, 0.1) is 11.3 Å². The molecule has 1 fully saturated rings. The van der Waals surface area contributed by atoms with Gasteiger partial charge in [0.25, 0.3) is 0 Å². The predicted octanol–water partition coefficient (Wildman–Crippen LogP) is 2.75.